The van der Waals surface area contributed by atoms with E-state index in [0.29, 0.717) is 5.89 Å². The molecule has 0 saturated carbocycles. The third kappa shape index (κ3) is 2.99. The first-order chi connectivity index (χ1) is 9.85. The fourth-order valence-electron chi connectivity index (χ4n) is 2.41. The molecule has 1 aromatic heterocycles. The molecular formula is C15H19N3O2. The molecule has 0 radical (unpaired) electrons. The highest BCUT2D eigenvalue weighted by Gasteiger charge is 2.18. The second-order valence-electron chi connectivity index (χ2n) is 5.04. The van der Waals surface area contributed by atoms with Crippen LogP contribution in [0.4, 0.5) is 5.69 Å². The molecule has 0 bridgehead atoms. The Labute approximate surface area is 118 Å². The number of aromatic nitrogens is 2. The Morgan fingerprint density at radius 3 is 2.80 bits per heavy atom. The normalized spacial score (nSPS) is 18.9. The Morgan fingerprint density at radius 2 is 2.10 bits per heavy atom. The summed E-state index contributed by atoms with van der Waals surface area (Å²) in [6.07, 6.45) is 4.44. The minimum Gasteiger partial charge on any atom is -0.388 e. The highest BCUT2D eigenvalue weighted by Crippen LogP contribution is 2.21. The van der Waals surface area contributed by atoms with E-state index in [0.717, 1.165) is 42.9 Å². The molecule has 1 N–H and O–H groups in total. The van der Waals surface area contributed by atoms with Gasteiger partial charge in [0.2, 0.25) is 0 Å². The van der Waals surface area contributed by atoms with Crippen LogP contribution >= 0.6 is 0 Å². The van der Waals surface area contributed by atoms with Crippen molar-refractivity contribution in [2.45, 2.75) is 31.8 Å². The molecule has 5 heteroatoms. The largest absolute Gasteiger partial charge is 0.388 e. The highest BCUT2D eigenvalue weighted by molar-refractivity contribution is 5.58. The summed E-state index contributed by atoms with van der Waals surface area (Å²) in [5.41, 5.74) is 2.00. The molecule has 1 aliphatic rings. The van der Waals surface area contributed by atoms with Crippen LogP contribution in [-0.4, -0.2) is 29.9 Å². The van der Waals surface area contributed by atoms with Crippen molar-refractivity contribution < 1.29 is 9.26 Å². The predicted molar refractivity (Wildman–Crippen MR) is 76.6 cm³/mol. The maximum absolute atomic E-state index is 5.70. The molecule has 0 spiro atoms. The van der Waals surface area contributed by atoms with E-state index >= 15 is 0 Å². The predicted octanol–water partition coefficient (Wildman–Crippen LogP) is 2.89. The van der Waals surface area contributed by atoms with E-state index in [1.807, 2.05) is 31.3 Å². The number of anilines is 1. The molecule has 20 heavy (non-hydrogen) atoms. The van der Waals surface area contributed by atoms with E-state index in [1.54, 1.807) is 0 Å². The molecule has 0 aliphatic carbocycles. The number of nitrogens with zero attached hydrogens (tertiary/aromatic N) is 2. The molecule has 106 valence electrons. The van der Waals surface area contributed by atoms with Crippen LogP contribution in [0.15, 0.2) is 28.8 Å². The summed E-state index contributed by atoms with van der Waals surface area (Å²) in [7, 11) is 1.89. The van der Waals surface area contributed by atoms with E-state index < -0.39 is 0 Å². The Hall–Kier alpha value is -1.88. The molecule has 1 saturated heterocycles. The van der Waals surface area contributed by atoms with Crippen LogP contribution < -0.4 is 5.32 Å². The van der Waals surface area contributed by atoms with Crippen molar-refractivity contribution in [2.75, 3.05) is 19.0 Å². The molecule has 1 unspecified atom stereocenters. The van der Waals surface area contributed by atoms with Gasteiger partial charge in [0.05, 0.1) is 6.10 Å². The number of hydrogen-bond acceptors (Lipinski definition) is 5. The standard InChI is InChI=1S/C15H19N3O2/c1-16-12-7-5-11(6-8-12)15-17-14(18-20-15)10-13-4-2-3-9-19-13/h5-8,13,16H,2-4,9-10H2,1H3. The van der Waals surface area contributed by atoms with Gasteiger partial charge in [0.15, 0.2) is 5.82 Å². The summed E-state index contributed by atoms with van der Waals surface area (Å²) in [6, 6.07) is 7.92. The van der Waals surface area contributed by atoms with Gasteiger partial charge < -0.3 is 14.6 Å². The third-order valence-corrected chi connectivity index (χ3v) is 3.57. The Bertz CT molecular complexity index is 545. The zero-order chi connectivity index (χ0) is 13.8. The Kier molecular flexibility index (Phi) is 3.97. The number of benzene rings is 1. The van der Waals surface area contributed by atoms with Crippen molar-refractivity contribution >= 4 is 5.69 Å². The number of rotatable bonds is 4. The van der Waals surface area contributed by atoms with Gasteiger partial charge in [-0.2, -0.15) is 4.98 Å². The van der Waals surface area contributed by atoms with Gasteiger partial charge in [-0.05, 0) is 43.5 Å². The monoisotopic (exact) mass is 273 g/mol. The van der Waals surface area contributed by atoms with Crippen molar-refractivity contribution in [1.82, 2.24) is 10.1 Å². The van der Waals surface area contributed by atoms with Gasteiger partial charge in [-0.15, -0.1) is 0 Å². The minimum absolute atomic E-state index is 0.237. The smallest absolute Gasteiger partial charge is 0.257 e. The van der Waals surface area contributed by atoms with Crippen LogP contribution in [0.5, 0.6) is 0 Å². The quantitative estimate of drug-likeness (QED) is 0.928. The second kappa shape index (κ2) is 6.05. The van der Waals surface area contributed by atoms with Crippen molar-refractivity contribution in [3.63, 3.8) is 0 Å². The molecule has 5 nitrogen and oxygen atoms in total. The molecule has 2 aromatic rings. The first-order valence-corrected chi connectivity index (χ1v) is 7.07. The summed E-state index contributed by atoms with van der Waals surface area (Å²) in [5, 5.41) is 7.13. The highest BCUT2D eigenvalue weighted by atomic mass is 16.5. The van der Waals surface area contributed by atoms with Crippen LogP contribution in [0.2, 0.25) is 0 Å². The third-order valence-electron chi connectivity index (χ3n) is 3.57. The van der Waals surface area contributed by atoms with Crippen LogP contribution in [0.1, 0.15) is 25.1 Å². The summed E-state index contributed by atoms with van der Waals surface area (Å²) in [5.74, 6) is 1.29. The maximum atomic E-state index is 5.70. The van der Waals surface area contributed by atoms with Crippen LogP contribution in [0.3, 0.4) is 0 Å². The van der Waals surface area contributed by atoms with E-state index in [1.165, 1.54) is 6.42 Å². The van der Waals surface area contributed by atoms with Gasteiger partial charge in [-0.25, -0.2) is 0 Å². The Morgan fingerprint density at radius 1 is 1.25 bits per heavy atom. The topological polar surface area (TPSA) is 60.2 Å². The molecule has 0 amide bonds. The lowest BCUT2D eigenvalue weighted by Gasteiger charge is -2.20. The number of ether oxygens (including phenoxy) is 1. The summed E-state index contributed by atoms with van der Waals surface area (Å²) in [6.45, 7) is 0.848. The molecule has 2 heterocycles. The van der Waals surface area contributed by atoms with E-state index in [2.05, 4.69) is 15.5 Å². The van der Waals surface area contributed by atoms with E-state index in [4.69, 9.17) is 9.26 Å². The fraction of sp³-hybridized carbons (Fsp3) is 0.467. The Balaban J connectivity index is 1.68. The van der Waals surface area contributed by atoms with Gasteiger partial charge >= 0.3 is 0 Å². The van der Waals surface area contributed by atoms with Crippen molar-refractivity contribution in [3.8, 4) is 11.5 Å². The number of hydrogen-bond donors (Lipinski definition) is 1. The van der Waals surface area contributed by atoms with Crippen LogP contribution in [0, 0.1) is 0 Å². The van der Waals surface area contributed by atoms with Crippen LogP contribution in [0.25, 0.3) is 11.5 Å². The van der Waals surface area contributed by atoms with E-state index in [-0.39, 0.29) is 6.10 Å². The van der Waals surface area contributed by atoms with Crippen molar-refractivity contribution in [2.24, 2.45) is 0 Å². The molecule has 1 aliphatic heterocycles. The average Bonchev–Trinajstić information content (AvgIpc) is 2.97. The zero-order valence-corrected chi connectivity index (χ0v) is 11.6. The molecule has 1 fully saturated rings. The maximum Gasteiger partial charge on any atom is 0.257 e. The van der Waals surface area contributed by atoms with Gasteiger partial charge in [0.1, 0.15) is 0 Å². The van der Waals surface area contributed by atoms with Crippen LogP contribution in [-0.2, 0) is 11.2 Å². The van der Waals surface area contributed by atoms with Gasteiger partial charge in [0, 0.05) is 31.3 Å². The molecule has 3 rings (SSSR count). The first kappa shape index (κ1) is 13.1. The summed E-state index contributed by atoms with van der Waals surface area (Å²) < 4.78 is 11.0. The second-order valence-corrected chi connectivity index (χ2v) is 5.04. The first-order valence-electron chi connectivity index (χ1n) is 7.07. The SMILES string of the molecule is CNc1ccc(-c2nc(CC3CCCCO3)no2)cc1. The average molecular weight is 273 g/mol. The zero-order valence-electron chi connectivity index (χ0n) is 11.6. The van der Waals surface area contributed by atoms with Gasteiger partial charge in [0.25, 0.3) is 5.89 Å². The van der Waals surface area contributed by atoms with E-state index in [9.17, 15) is 0 Å². The lowest BCUT2D eigenvalue weighted by Crippen LogP contribution is -2.21. The lowest BCUT2D eigenvalue weighted by molar-refractivity contribution is 0.0153. The molecular weight excluding hydrogens is 254 g/mol. The van der Waals surface area contributed by atoms with Gasteiger partial charge in [-0.1, -0.05) is 5.16 Å². The molecule has 1 aromatic carbocycles. The summed E-state index contributed by atoms with van der Waals surface area (Å²) in [4.78, 5) is 4.45. The van der Waals surface area contributed by atoms with Gasteiger partial charge in [-0.3, -0.25) is 0 Å². The number of nitrogens with one attached hydrogen (secondary N) is 1. The minimum atomic E-state index is 0.237. The summed E-state index contributed by atoms with van der Waals surface area (Å²) >= 11 is 0. The molecule has 1 atom stereocenters. The fourth-order valence-corrected chi connectivity index (χ4v) is 2.41. The van der Waals surface area contributed by atoms with Crippen molar-refractivity contribution in [3.05, 3.63) is 30.1 Å². The van der Waals surface area contributed by atoms with Crippen molar-refractivity contribution in [1.29, 1.82) is 0 Å². The lowest BCUT2D eigenvalue weighted by atomic mass is 10.1.